The maximum Gasteiger partial charge on any atom is 0.344 e. The number of hydrogen-bond acceptors (Lipinski definition) is 7. The Hall–Kier alpha value is -0.990. The molecule has 0 aromatic heterocycles. The second-order valence-electron chi connectivity index (χ2n) is 6.85. The van der Waals surface area contributed by atoms with E-state index in [2.05, 4.69) is 4.90 Å². The molecule has 0 aromatic carbocycles. The lowest BCUT2D eigenvalue weighted by Crippen LogP contribution is -2.63. The molecule has 132 valence electrons. The Morgan fingerprint density at radius 3 is 2.70 bits per heavy atom. The number of rotatable bonds is 6. The molecule has 1 saturated heterocycles. The molecule has 0 bridgehead atoms. The molecule has 2 rings (SSSR count). The van der Waals surface area contributed by atoms with Crippen LogP contribution in [0, 0.1) is 0 Å². The highest BCUT2D eigenvalue weighted by Crippen LogP contribution is 2.31. The Labute approximate surface area is 136 Å². The number of aliphatic hydroxyl groups is 3. The first kappa shape index (κ1) is 18.4. The monoisotopic (exact) mass is 329 g/mol. The molecule has 3 N–H and O–H groups in total. The molecule has 0 radical (unpaired) electrons. The summed E-state index contributed by atoms with van der Waals surface area (Å²) in [7, 11) is 1.35. The second kappa shape index (κ2) is 6.49. The SMILES string of the molecule is CO[C@H](C)[C@@](O)(C(=O)OCC1=CCN2CC[C@H](O)[C@@H]12)C(C)(C)O. The fourth-order valence-electron chi connectivity index (χ4n) is 3.37. The molecular weight excluding hydrogens is 302 g/mol. The zero-order valence-corrected chi connectivity index (χ0v) is 14.2. The summed E-state index contributed by atoms with van der Waals surface area (Å²) in [6.07, 6.45) is 1.22. The molecule has 0 aliphatic carbocycles. The number of esters is 1. The van der Waals surface area contributed by atoms with Gasteiger partial charge in [-0.05, 0) is 32.8 Å². The van der Waals surface area contributed by atoms with Crippen LogP contribution < -0.4 is 0 Å². The maximum atomic E-state index is 12.4. The molecule has 7 heteroatoms. The highest BCUT2D eigenvalue weighted by atomic mass is 16.6. The summed E-state index contributed by atoms with van der Waals surface area (Å²) in [5.74, 6) is -0.939. The first-order chi connectivity index (χ1) is 10.6. The molecule has 0 saturated carbocycles. The lowest BCUT2D eigenvalue weighted by atomic mass is 9.81. The molecule has 2 aliphatic heterocycles. The van der Waals surface area contributed by atoms with E-state index < -0.39 is 29.4 Å². The number of ether oxygens (including phenoxy) is 2. The van der Waals surface area contributed by atoms with Crippen LogP contribution >= 0.6 is 0 Å². The standard InChI is InChI=1S/C16H27NO6/c1-10(22-4)16(21,15(2,3)20)14(19)23-9-11-5-7-17-8-6-12(18)13(11)17/h5,10,12-13,18,20-21H,6-9H2,1-4H3/t10-,12+,13-,16-/m1/s1. The van der Waals surface area contributed by atoms with Crippen LogP contribution in [0.25, 0.3) is 0 Å². The number of carbonyl (C=O) groups is 1. The van der Waals surface area contributed by atoms with Crippen molar-refractivity contribution in [3.63, 3.8) is 0 Å². The minimum Gasteiger partial charge on any atom is -0.459 e. The zero-order valence-electron chi connectivity index (χ0n) is 14.2. The molecular formula is C16H27NO6. The van der Waals surface area contributed by atoms with Gasteiger partial charge in [0.2, 0.25) is 5.60 Å². The third kappa shape index (κ3) is 3.16. The Kier molecular flexibility index (Phi) is 5.18. The fraction of sp³-hybridized carbons (Fsp3) is 0.812. The number of nitrogens with zero attached hydrogens (tertiary/aromatic N) is 1. The van der Waals surface area contributed by atoms with Crippen LogP contribution in [0.5, 0.6) is 0 Å². The van der Waals surface area contributed by atoms with Crippen LogP contribution in [-0.4, -0.2) is 82.4 Å². The maximum absolute atomic E-state index is 12.4. The zero-order chi connectivity index (χ0) is 17.4. The van der Waals surface area contributed by atoms with E-state index in [1.54, 1.807) is 0 Å². The summed E-state index contributed by atoms with van der Waals surface area (Å²) in [6, 6.07) is -0.127. The van der Waals surface area contributed by atoms with Gasteiger partial charge >= 0.3 is 5.97 Å². The van der Waals surface area contributed by atoms with E-state index in [0.29, 0.717) is 6.42 Å². The van der Waals surface area contributed by atoms with E-state index in [-0.39, 0.29) is 12.6 Å². The molecule has 0 aromatic rings. The van der Waals surface area contributed by atoms with Crippen LogP contribution in [0.1, 0.15) is 27.2 Å². The number of aliphatic hydroxyl groups excluding tert-OH is 1. The van der Waals surface area contributed by atoms with Gasteiger partial charge in [0, 0.05) is 20.2 Å². The van der Waals surface area contributed by atoms with E-state index in [0.717, 1.165) is 18.7 Å². The van der Waals surface area contributed by atoms with E-state index in [1.165, 1.54) is 27.9 Å². The second-order valence-corrected chi connectivity index (χ2v) is 6.85. The van der Waals surface area contributed by atoms with Gasteiger partial charge in [-0.25, -0.2) is 4.79 Å². The summed E-state index contributed by atoms with van der Waals surface area (Å²) >= 11 is 0. The fourth-order valence-corrected chi connectivity index (χ4v) is 3.37. The van der Waals surface area contributed by atoms with Gasteiger partial charge in [-0.2, -0.15) is 0 Å². The van der Waals surface area contributed by atoms with Crippen LogP contribution in [-0.2, 0) is 14.3 Å². The number of methoxy groups -OCH3 is 1. The number of hydrogen-bond donors (Lipinski definition) is 3. The molecule has 7 nitrogen and oxygen atoms in total. The van der Waals surface area contributed by atoms with Crippen molar-refractivity contribution in [1.82, 2.24) is 4.90 Å². The Bertz CT molecular complexity index is 485. The first-order valence-corrected chi connectivity index (χ1v) is 7.88. The summed E-state index contributed by atoms with van der Waals surface area (Å²) < 4.78 is 10.3. The van der Waals surface area contributed by atoms with Gasteiger partial charge in [-0.15, -0.1) is 0 Å². The van der Waals surface area contributed by atoms with Crippen molar-refractivity contribution in [3.8, 4) is 0 Å². The third-order valence-electron chi connectivity index (χ3n) is 4.99. The molecule has 0 unspecified atom stereocenters. The average molecular weight is 329 g/mol. The van der Waals surface area contributed by atoms with Crippen molar-refractivity contribution >= 4 is 5.97 Å². The Morgan fingerprint density at radius 1 is 1.48 bits per heavy atom. The van der Waals surface area contributed by atoms with Crippen molar-refractivity contribution < 1.29 is 29.6 Å². The number of fused-ring (bicyclic) bond motifs is 1. The molecule has 0 amide bonds. The molecule has 1 fully saturated rings. The van der Waals surface area contributed by atoms with E-state index in [9.17, 15) is 20.1 Å². The van der Waals surface area contributed by atoms with Gasteiger partial charge in [0.05, 0.1) is 18.2 Å². The largest absolute Gasteiger partial charge is 0.459 e. The lowest BCUT2D eigenvalue weighted by Gasteiger charge is -2.40. The Morgan fingerprint density at radius 2 is 2.13 bits per heavy atom. The summed E-state index contributed by atoms with van der Waals surface area (Å²) in [4.78, 5) is 14.5. The minimum atomic E-state index is -2.19. The van der Waals surface area contributed by atoms with Gasteiger partial charge in [0.15, 0.2) is 0 Å². The predicted molar refractivity (Wildman–Crippen MR) is 82.7 cm³/mol. The van der Waals surface area contributed by atoms with E-state index in [1.807, 2.05) is 6.08 Å². The third-order valence-corrected chi connectivity index (χ3v) is 4.99. The summed E-state index contributed by atoms with van der Waals surface area (Å²) in [5, 5.41) is 30.9. The van der Waals surface area contributed by atoms with Gasteiger partial charge < -0.3 is 24.8 Å². The highest BCUT2D eigenvalue weighted by Gasteiger charge is 2.55. The first-order valence-electron chi connectivity index (χ1n) is 7.88. The molecule has 2 aliphatic rings. The van der Waals surface area contributed by atoms with E-state index in [4.69, 9.17) is 9.47 Å². The van der Waals surface area contributed by atoms with Crippen molar-refractivity contribution in [1.29, 1.82) is 0 Å². The van der Waals surface area contributed by atoms with Gasteiger partial charge in [-0.3, -0.25) is 4.90 Å². The minimum absolute atomic E-state index is 0.0219. The summed E-state index contributed by atoms with van der Waals surface area (Å²) in [6.45, 7) is 5.68. The topological polar surface area (TPSA) is 99.5 Å². The van der Waals surface area contributed by atoms with Crippen LogP contribution in [0.15, 0.2) is 11.6 Å². The molecule has 23 heavy (non-hydrogen) atoms. The van der Waals surface area contributed by atoms with Crippen molar-refractivity contribution in [2.75, 3.05) is 26.8 Å². The summed E-state index contributed by atoms with van der Waals surface area (Å²) in [5.41, 5.74) is -3.09. The van der Waals surface area contributed by atoms with Gasteiger partial charge in [0.25, 0.3) is 0 Å². The molecule has 0 spiro atoms. The predicted octanol–water partition coefficient (Wildman–Crippen LogP) is -0.558. The number of carbonyl (C=O) groups excluding carboxylic acids is 1. The molecule has 2 heterocycles. The lowest BCUT2D eigenvalue weighted by molar-refractivity contribution is -0.216. The van der Waals surface area contributed by atoms with Crippen LogP contribution in [0.2, 0.25) is 0 Å². The highest BCUT2D eigenvalue weighted by molar-refractivity contribution is 5.82. The van der Waals surface area contributed by atoms with Gasteiger partial charge in [-0.1, -0.05) is 6.08 Å². The van der Waals surface area contributed by atoms with Crippen molar-refractivity contribution in [2.24, 2.45) is 0 Å². The molecule has 4 atom stereocenters. The average Bonchev–Trinajstić information content (AvgIpc) is 3.05. The van der Waals surface area contributed by atoms with Gasteiger partial charge in [0.1, 0.15) is 12.2 Å². The van der Waals surface area contributed by atoms with Crippen molar-refractivity contribution in [2.45, 2.75) is 56.6 Å². The Balaban J connectivity index is 2.06. The smallest absolute Gasteiger partial charge is 0.344 e. The normalized spacial score (nSPS) is 28.9. The van der Waals surface area contributed by atoms with E-state index >= 15 is 0 Å². The van der Waals surface area contributed by atoms with Crippen LogP contribution in [0.4, 0.5) is 0 Å². The van der Waals surface area contributed by atoms with Crippen molar-refractivity contribution in [3.05, 3.63) is 11.6 Å². The van der Waals surface area contributed by atoms with Crippen LogP contribution in [0.3, 0.4) is 0 Å². The quantitative estimate of drug-likeness (QED) is 0.444.